The third kappa shape index (κ3) is 2.48. The molecule has 3 nitrogen and oxygen atoms in total. The zero-order chi connectivity index (χ0) is 16.5. The second kappa shape index (κ2) is 5.93. The molecule has 0 fully saturated rings. The number of hydrogen-bond donors (Lipinski definition) is 0. The van der Waals surface area contributed by atoms with Crippen LogP contribution in [0.5, 0.6) is 0 Å². The molecule has 0 radical (unpaired) electrons. The van der Waals surface area contributed by atoms with Crippen molar-refractivity contribution in [3.8, 4) is 0 Å². The lowest BCUT2D eigenvalue weighted by molar-refractivity contribution is -0.384. The minimum atomic E-state index is -0.324. The van der Waals surface area contributed by atoms with Crippen molar-refractivity contribution in [2.45, 2.75) is 6.42 Å². The zero-order valence-electron chi connectivity index (χ0n) is 13.1. The van der Waals surface area contributed by atoms with Crippen LogP contribution < -0.4 is 0 Å². The molecule has 2 aliphatic rings. The number of fused-ring (bicyclic) bond motifs is 2. The third-order valence-electron chi connectivity index (χ3n) is 4.79. The number of hydrogen-bond acceptors (Lipinski definition) is 2. The molecular weight excluding hydrogens is 298 g/mol. The van der Waals surface area contributed by atoms with Gasteiger partial charge in [0.05, 0.1) is 4.92 Å². The number of nitrogens with zero attached hydrogens (tertiary/aromatic N) is 1. The van der Waals surface area contributed by atoms with Gasteiger partial charge in [0.2, 0.25) is 0 Å². The molecule has 2 aromatic rings. The van der Waals surface area contributed by atoms with E-state index in [0.717, 1.165) is 12.0 Å². The molecule has 24 heavy (non-hydrogen) atoms. The average molecular weight is 315 g/mol. The Morgan fingerprint density at radius 1 is 0.833 bits per heavy atom. The Hall–Kier alpha value is -2.94. The molecule has 0 amide bonds. The van der Waals surface area contributed by atoms with Crippen LogP contribution in [0.1, 0.15) is 17.5 Å². The highest BCUT2D eigenvalue weighted by atomic mass is 16.6. The first-order chi connectivity index (χ1) is 11.7. The maximum Gasteiger partial charge on any atom is 0.270 e. The number of allylic oxidation sites excluding steroid dienone is 6. The van der Waals surface area contributed by atoms with Gasteiger partial charge in [-0.25, -0.2) is 0 Å². The van der Waals surface area contributed by atoms with E-state index in [2.05, 4.69) is 36.4 Å². The quantitative estimate of drug-likeness (QED) is 0.572. The molecule has 2 aromatic carbocycles. The fourth-order valence-corrected chi connectivity index (χ4v) is 3.80. The molecular formula is C21H17NO2. The molecule has 3 heteroatoms. The molecule has 2 bridgehead atoms. The van der Waals surface area contributed by atoms with Gasteiger partial charge in [-0.2, -0.15) is 0 Å². The predicted octanol–water partition coefficient (Wildman–Crippen LogP) is 5.27. The van der Waals surface area contributed by atoms with Gasteiger partial charge in [-0.05, 0) is 28.7 Å². The third-order valence-corrected chi connectivity index (χ3v) is 4.79. The van der Waals surface area contributed by atoms with Crippen molar-refractivity contribution in [2.75, 3.05) is 0 Å². The highest BCUT2D eigenvalue weighted by Crippen LogP contribution is 2.49. The fourth-order valence-electron chi connectivity index (χ4n) is 3.80. The lowest BCUT2D eigenvalue weighted by atomic mass is 9.89. The SMILES string of the molecule is O=[N+]([O-])c1cccc(C2=C(c3ccccc3)[C@@H]3C=CC=CC2C3)c1. The Bertz CT molecular complexity index is 878. The van der Waals surface area contributed by atoms with Crippen molar-refractivity contribution in [3.05, 3.63) is 100 Å². The van der Waals surface area contributed by atoms with Crippen LogP contribution in [-0.2, 0) is 0 Å². The zero-order valence-corrected chi connectivity index (χ0v) is 13.1. The minimum Gasteiger partial charge on any atom is -0.258 e. The van der Waals surface area contributed by atoms with Gasteiger partial charge in [0.25, 0.3) is 5.69 Å². The number of rotatable bonds is 3. The van der Waals surface area contributed by atoms with Crippen molar-refractivity contribution < 1.29 is 4.92 Å². The van der Waals surface area contributed by atoms with Crippen LogP contribution in [-0.4, -0.2) is 4.92 Å². The largest absolute Gasteiger partial charge is 0.270 e. The molecule has 2 atom stereocenters. The summed E-state index contributed by atoms with van der Waals surface area (Å²) in [5.74, 6) is 0.642. The first kappa shape index (κ1) is 14.6. The number of nitro groups is 1. The first-order valence-electron chi connectivity index (χ1n) is 8.13. The van der Waals surface area contributed by atoms with Crippen LogP contribution in [0.4, 0.5) is 5.69 Å². The van der Waals surface area contributed by atoms with Crippen LogP contribution in [0, 0.1) is 22.0 Å². The lowest BCUT2D eigenvalue weighted by Crippen LogP contribution is -1.97. The van der Waals surface area contributed by atoms with E-state index in [1.54, 1.807) is 18.2 Å². The van der Waals surface area contributed by atoms with Crippen LogP contribution in [0.15, 0.2) is 78.9 Å². The smallest absolute Gasteiger partial charge is 0.258 e. The second-order valence-electron chi connectivity index (χ2n) is 6.22. The molecule has 2 aliphatic carbocycles. The van der Waals surface area contributed by atoms with Gasteiger partial charge in [-0.1, -0.05) is 66.8 Å². The van der Waals surface area contributed by atoms with Crippen molar-refractivity contribution in [1.82, 2.24) is 0 Å². The van der Waals surface area contributed by atoms with Gasteiger partial charge in [0.15, 0.2) is 0 Å². The molecule has 0 spiro atoms. The lowest BCUT2D eigenvalue weighted by Gasteiger charge is -2.15. The Balaban J connectivity index is 1.94. The minimum absolute atomic E-state index is 0.145. The van der Waals surface area contributed by atoms with E-state index in [4.69, 9.17) is 0 Å². The van der Waals surface area contributed by atoms with E-state index < -0.39 is 0 Å². The predicted molar refractivity (Wildman–Crippen MR) is 96.2 cm³/mol. The molecule has 0 saturated heterocycles. The Labute approximate surface area is 140 Å². The van der Waals surface area contributed by atoms with Gasteiger partial charge in [-0.3, -0.25) is 10.1 Å². The second-order valence-corrected chi connectivity index (χ2v) is 6.22. The van der Waals surface area contributed by atoms with E-state index in [1.165, 1.54) is 16.7 Å². The van der Waals surface area contributed by atoms with Gasteiger partial charge in [-0.15, -0.1) is 0 Å². The summed E-state index contributed by atoms with van der Waals surface area (Å²) >= 11 is 0. The molecule has 0 aliphatic heterocycles. The highest BCUT2D eigenvalue weighted by Gasteiger charge is 2.33. The van der Waals surface area contributed by atoms with Crippen molar-refractivity contribution in [1.29, 1.82) is 0 Å². The van der Waals surface area contributed by atoms with Gasteiger partial charge < -0.3 is 0 Å². The van der Waals surface area contributed by atoms with Gasteiger partial charge >= 0.3 is 0 Å². The Kier molecular flexibility index (Phi) is 3.62. The van der Waals surface area contributed by atoms with Crippen molar-refractivity contribution in [2.24, 2.45) is 11.8 Å². The summed E-state index contributed by atoms with van der Waals surface area (Å²) in [5, 5.41) is 11.2. The number of non-ortho nitro benzene ring substituents is 1. The van der Waals surface area contributed by atoms with E-state index in [9.17, 15) is 10.1 Å². The molecule has 118 valence electrons. The van der Waals surface area contributed by atoms with Crippen LogP contribution in [0.25, 0.3) is 11.1 Å². The summed E-state index contributed by atoms with van der Waals surface area (Å²) in [6.07, 6.45) is 9.67. The Morgan fingerprint density at radius 3 is 2.12 bits per heavy atom. The van der Waals surface area contributed by atoms with Crippen molar-refractivity contribution >= 4 is 16.8 Å². The van der Waals surface area contributed by atoms with Crippen LogP contribution in [0.2, 0.25) is 0 Å². The molecule has 0 saturated carbocycles. The van der Waals surface area contributed by atoms with Gasteiger partial charge in [0, 0.05) is 24.0 Å². The number of nitro benzene ring substituents is 1. The Morgan fingerprint density at radius 2 is 1.46 bits per heavy atom. The topological polar surface area (TPSA) is 43.1 Å². The molecule has 0 N–H and O–H groups in total. The summed E-state index contributed by atoms with van der Waals surface area (Å²) in [7, 11) is 0. The van der Waals surface area contributed by atoms with Crippen molar-refractivity contribution in [3.63, 3.8) is 0 Å². The van der Waals surface area contributed by atoms with E-state index in [-0.39, 0.29) is 10.6 Å². The van der Waals surface area contributed by atoms with Gasteiger partial charge in [0.1, 0.15) is 0 Å². The molecule has 0 heterocycles. The summed E-state index contributed by atoms with van der Waals surface area (Å²) < 4.78 is 0. The highest BCUT2D eigenvalue weighted by molar-refractivity contribution is 5.97. The maximum absolute atomic E-state index is 11.2. The summed E-state index contributed by atoms with van der Waals surface area (Å²) in [6.45, 7) is 0. The molecule has 4 rings (SSSR count). The molecule has 1 unspecified atom stereocenters. The summed E-state index contributed by atoms with van der Waals surface area (Å²) in [5.41, 5.74) is 4.81. The van der Waals surface area contributed by atoms with Crippen LogP contribution >= 0.6 is 0 Å². The average Bonchev–Trinajstić information content (AvgIpc) is 2.79. The normalized spacial score (nSPS) is 21.8. The van der Waals surface area contributed by atoms with E-state index >= 15 is 0 Å². The monoisotopic (exact) mass is 315 g/mol. The fraction of sp³-hybridized carbons (Fsp3) is 0.143. The van der Waals surface area contributed by atoms with E-state index in [0.29, 0.717) is 11.8 Å². The maximum atomic E-state index is 11.2. The first-order valence-corrected chi connectivity index (χ1v) is 8.13. The van der Waals surface area contributed by atoms with E-state index in [1.807, 2.05) is 24.3 Å². The standard InChI is InChI=1S/C21H17NO2/c23-22(24)19-12-6-11-18(14-19)21-17-10-5-4-9-16(13-17)20(21)15-7-2-1-3-8-15/h1-12,14,16-17H,13H2/t16-,17?/m1/s1. The van der Waals surface area contributed by atoms with Crippen LogP contribution in [0.3, 0.4) is 0 Å². The summed E-state index contributed by atoms with van der Waals surface area (Å²) in [6, 6.07) is 17.4. The summed E-state index contributed by atoms with van der Waals surface area (Å²) in [4.78, 5) is 10.8. The molecule has 0 aromatic heterocycles. The number of benzene rings is 2.